The molecule has 118 valence electrons. The van der Waals surface area contributed by atoms with E-state index in [-0.39, 0.29) is 30.3 Å². The number of carbonyl (C=O) groups excluding carboxylic acids is 1. The van der Waals surface area contributed by atoms with E-state index in [0.717, 1.165) is 12.0 Å². The van der Waals surface area contributed by atoms with E-state index in [9.17, 15) is 4.79 Å². The van der Waals surface area contributed by atoms with Crippen LogP contribution in [-0.2, 0) is 9.53 Å². The molecule has 1 saturated heterocycles. The van der Waals surface area contributed by atoms with Gasteiger partial charge >= 0.3 is 0 Å². The topological polar surface area (TPSA) is 55.6 Å². The quantitative estimate of drug-likeness (QED) is 0.928. The minimum Gasteiger partial charge on any atom is -0.370 e. The van der Waals surface area contributed by atoms with Crippen LogP contribution in [0.4, 0.5) is 0 Å². The summed E-state index contributed by atoms with van der Waals surface area (Å²) in [7, 11) is 0. The molecule has 1 fully saturated rings. The zero-order valence-electron chi connectivity index (χ0n) is 12.7. The van der Waals surface area contributed by atoms with Gasteiger partial charge in [-0.05, 0) is 11.5 Å². The van der Waals surface area contributed by atoms with Gasteiger partial charge in [-0.1, -0.05) is 50.6 Å². The number of rotatable bonds is 4. The summed E-state index contributed by atoms with van der Waals surface area (Å²) in [6.07, 6.45) is 0.873. The number of hydrogen-bond acceptors (Lipinski definition) is 3. The van der Waals surface area contributed by atoms with Gasteiger partial charge in [-0.25, -0.2) is 0 Å². The zero-order valence-corrected chi connectivity index (χ0v) is 13.5. The van der Waals surface area contributed by atoms with Gasteiger partial charge in [0.15, 0.2) is 0 Å². The van der Waals surface area contributed by atoms with Gasteiger partial charge in [-0.2, -0.15) is 0 Å². The second-order valence-electron chi connectivity index (χ2n) is 5.47. The van der Waals surface area contributed by atoms with Crippen molar-refractivity contribution in [3.05, 3.63) is 35.9 Å². The lowest BCUT2D eigenvalue weighted by Gasteiger charge is -2.35. The Kier molecular flexibility index (Phi) is 7.15. The first kappa shape index (κ1) is 18.0. The van der Waals surface area contributed by atoms with Gasteiger partial charge in [0.1, 0.15) is 6.10 Å². The number of benzene rings is 1. The van der Waals surface area contributed by atoms with Gasteiger partial charge in [0.25, 0.3) is 0 Å². The van der Waals surface area contributed by atoms with Crippen LogP contribution in [0.5, 0.6) is 0 Å². The Labute approximate surface area is 133 Å². The van der Waals surface area contributed by atoms with E-state index >= 15 is 0 Å². The molecule has 0 radical (unpaired) electrons. The number of nitrogens with zero attached hydrogens (tertiary/aromatic N) is 1. The van der Waals surface area contributed by atoms with Crippen LogP contribution in [0, 0.1) is 5.92 Å². The molecule has 2 rings (SSSR count). The maximum Gasteiger partial charge on any atom is 0.239 e. The van der Waals surface area contributed by atoms with E-state index in [1.54, 1.807) is 0 Å². The van der Waals surface area contributed by atoms with Crippen molar-refractivity contribution < 1.29 is 9.53 Å². The number of morpholine rings is 1. The molecule has 1 aromatic carbocycles. The van der Waals surface area contributed by atoms with E-state index in [2.05, 4.69) is 6.92 Å². The predicted molar refractivity (Wildman–Crippen MR) is 86.4 cm³/mol. The summed E-state index contributed by atoms with van der Waals surface area (Å²) in [4.78, 5) is 14.3. The predicted octanol–water partition coefficient (Wildman–Crippen LogP) is 2.38. The Morgan fingerprint density at radius 3 is 2.71 bits per heavy atom. The first-order valence-electron chi connectivity index (χ1n) is 7.34. The fraction of sp³-hybridized carbons (Fsp3) is 0.562. The highest BCUT2D eigenvalue weighted by Crippen LogP contribution is 2.23. The molecule has 1 heterocycles. The first-order chi connectivity index (χ1) is 9.63. The summed E-state index contributed by atoms with van der Waals surface area (Å²) >= 11 is 0. The molecule has 0 saturated carbocycles. The molecule has 2 N–H and O–H groups in total. The first-order valence-corrected chi connectivity index (χ1v) is 7.34. The van der Waals surface area contributed by atoms with Crippen molar-refractivity contribution in [1.29, 1.82) is 0 Å². The molecule has 3 unspecified atom stereocenters. The average molecular weight is 313 g/mol. The van der Waals surface area contributed by atoms with Crippen molar-refractivity contribution >= 4 is 18.3 Å². The van der Waals surface area contributed by atoms with E-state index in [4.69, 9.17) is 10.5 Å². The highest BCUT2D eigenvalue weighted by molar-refractivity contribution is 5.85. The summed E-state index contributed by atoms with van der Waals surface area (Å²) in [6.45, 7) is 5.87. The largest absolute Gasteiger partial charge is 0.370 e. The number of ether oxygens (including phenoxy) is 1. The molecule has 1 aliphatic heterocycles. The van der Waals surface area contributed by atoms with Gasteiger partial charge in [0.2, 0.25) is 5.91 Å². The SMILES string of the molecule is CCC(C)C(N)C(=O)N1CCOC(c2ccccc2)C1.Cl. The van der Waals surface area contributed by atoms with Crippen molar-refractivity contribution in [1.82, 2.24) is 4.90 Å². The van der Waals surface area contributed by atoms with Crippen LogP contribution in [0.3, 0.4) is 0 Å². The van der Waals surface area contributed by atoms with Gasteiger partial charge in [0.05, 0.1) is 19.2 Å². The Bertz CT molecular complexity index is 441. The van der Waals surface area contributed by atoms with Crippen molar-refractivity contribution in [2.75, 3.05) is 19.7 Å². The fourth-order valence-electron chi connectivity index (χ4n) is 2.43. The molecule has 3 atom stereocenters. The third kappa shape index (κ3) is 4.43. The Morgan fingerprint density at radius 1 is 1.43 bits per heavy atom. The van der Waals surface area contributed by atoms with E-state index < -0.39 is 6.04 Å². The lowest BCUT2D eigenvalue weighted by molar-refractivity contribution is -0.141. The summed E-state index contributed by atoms with van der Waals surface area (Å²) in [5.74, 6) is 0.254. The Morgan fingerprint density at radius 2 is 2.10 bits per heavy atom. The van der Waals surface area contributed by atoms with E-state index in [0.29, 0.717) is 19.7 Å². The smallest absolute Gasteiger partial charge is 0.239 e. The maximum atomic E-state index is 12.4. The molecular weight excluding hydrogens is 288 g/mol. The lowest BCUT2D eigenvalue weighted by Crippen LogP contribution is -2.51. The van der Waals surface area contributed by atoms with Crippen molar-refractivity contribution in [3.63, 3.8) is 0 Å². The minimum absolute atomic E-state index is 0. The fourth-order valence-corrected chi connectivity index (χ4v) is 2.43. The van der Waals surface area contributed by atoms with Gasteiger partial charge in [-0.15, -0.1) is 12.4 Å². The highest BCUT2D eigenvalue weighted by atomic mass is 35.5. The molecular formula is C16H25ClN2O2. The lowest BCUT2D eigenvalue weighted by atomic mass is 9.98. The molecule has 5 heteroatoms. The average Bonchev–Trinajstić information content (AvgIpc) is 2.53. The normalized spacial score (nSPS) is 21.3. The standard InChI is InChI=1S/C16H24N2O2.ClH/c1-3-12(2)15(17)16(19)18-9-10-20-14(11-18)13-7-5-4-6-8-13;/h4-8,12,14-15H,3,9-11,17H2,1-2H3;1H. The molecule has 1 aliphatic rings. The van der Waals surface area contributed by atoms with Crippen molar-refractivity contribution in [2.45, 2.75) is 32.4 Å². The molecule has 4 nitrogen and oxygen atoms in total. The molecule has 0 spiro atoms. The number of hydrogen-bond donors (Lipinski definition) is 1. The van der Waals surface area contributed by atoms with Crippen LogP contribution in [0.25, 0.3) is 0 Å². The number of halogens is 1. The summed E-state index contributed by atoms with van der Waals surface area (Å²) in [5, 5.41) is 0. The van der Waals surface area contributed by atoms with E-state index in [1.807, 2.05) is 42.2 Å². The molecule has 21 heavy (non-hydrogen) atoms. The molecule has 1 amide bonds. The van der Waals surface area contributed by atoms with Crippen LogP contribution >= 0.6 is 12.4 Å². The van der Waals surface area contributed by atoms with Crippen LogP contribution in [0.2, 0.25) is 0 Å². The minimum atomic E-state index is -0.408. The van der Waals surface area contributed by atoms with Gasteiger partial charge < -0.3 is 15.4 Å². The van der Waals surface area contributed by atoms with Crippen LogP contribution < -0.4 is 5.73 Å². The number of nitrogens with two attached hydrogens (primary N) is 1. The molecule has 0 aliphatic carbocycles. The molecule has 1 aromatic rings. The summed E-state index contributed by atoms with van der Waals surface area (Å²) < 4.78 is 5.78. The zero-order chi connectivity index (χ0) is 14.5. The van der Waals surface area contributed by atoms with Crippen LogP contribution in [0.1, 0.15) is 31.9 Å². The monoisotopic (exact) mass is 312 g/mol. The molecule has 0 aromatic heterocycles. The van der Waals surface area contributed by atoms with Gasteiger partial charge in [0, 0.05) is 6.54 Å². The molecule has 0 bridgehead atoms. The van der Waals surface area contributed by atoms with Crippen LogP contribution in [-0.4, -0.2) is 36.5 Å². The number of carbonyl (C=O) groups is 1. The van der Waals surface area contributed by atoms with Crippen molar-refractivity contribution in [2.24, 2.45) is 11.7 Å². The maximum absolute atomic E-state index is 12.4. The second-order valence-corrected chi connectivity index (χ2v) is 5.47. The highest BCUT2D eigenvalue weighted by Gasteiger charge is 2.30. The number of amides is 1. The summed E-state index contributed by atoms with van der Waals surface area (Å²) in [5.41, 5.74) is 7.17. The third-order valence-electron chi connectivity index (χ3n) is 4.09. The second kappa shape index (κ2) is 8.37. The third-order valence-corrected chi connectivity index (χ3v) is 4.09. The van der Waals surface area contributed by atoms with Crippen molar-refractivity contribution in [3.8, 4) is 0 Å². The summed E-state index contributed by atoms with van der Waals surface area (Å²) in [6, 6.07) is 9.62. The van der Waals surface area contributed by atoms with E-state index in [1.165, 1.54) is 0 Å². The van der Waals surface area contributed by atoms with Crippen LogP contribution in [0.15, 0.2) is 30.3 Å². The Balaban J connectivity index is 0.00000220. The Hall–Kier alpha value is -1.10. The van der Waals surface area contributed by atoms with Gasteiger partial charge in [-0.3, -0.25) is 4.79 Å².